The highest BCUT2D eigenvalue weighted by atomic mass is 16.3. The van der Waals surface area contributed by atoms with Gasteiger partial charge in [-0.15, -0.1) is 0 Å². The van der Waals surface area contributed by atoms with Crippen molar-refractivity contribution in [2.45, 2.75) is 56.8 Å². The smallest absolute Gasteiger partial charge is 0.0994 e. The largest absolute Gasteiger partial charge is 0.393 e. The number of β-amino-alcohol motifs (C(OH)–C–C–N with tert-alkyl or cyclic N) is 1. The van der Waals surface area contributed by atoms with Gasteiger partial charge in [-0.05, 0) is 44.7 Å². The molecule has 0 bridgehead atoms. The summed E-state index contributed by atoms with van der Waals surface area (Å²) in [5.74, 6) is 0.402. The van der Waals surface area contributed by atoms with Crippen molar-refractivity contribution in [2.24, 2.45) is 5.92 Å². The molecule has 21 heavy (non-hydrogen) atoms. The van der Waals surface area contributed by atoms with Crippen LogP contribution in [-0.4, -0.2) is 40.3 Å². The first kappa shape index (κ1) is 15.0. The van der Waals surface area contributed by atoms with Crippen LogP contribution in [0.5, 0.6) is 0 Å². The van der Waals surface area contributed by atoms with E-state index in [4.69, 9.17) is 0 Å². The molecule has 1 heterocycles. The number of hydrogen-bond acceptors (Lipinski definition) is 3. The van der Waals surface area contributed by atoms with E-state index in [1.165, 1.54) is 6.42 Å². The van der Waals surface area contributed by atoms with E-state index in [9.17, 15) is 10.2 Å². The van der Waals surface area contributed by atoms with Crippen LogP contribution >= 0.6 is 0 Å². The minimum absolute atomic E-state index is 0.141. The van der Waals surface area contributed by atoms with Gasteiger partial charge >= 0.3 is 0 Å². The fourth-order valence-electron chi connectivity index (χ4n) is 4.24. The quantitative estimate of drug-likeness (QED) is 0.895. The predicted molar refractivity (Wildman–Crippen MR) is 84.0 cm³/mol. The maximum atomic E-state index is 10.9. The molecule has 1 aromatic carbocycles. The summed E-state index contributed by atoms with van der Waals surface area (Å²) >= 11 is 0. The summed E-state index contributed by atoms with van der Waals surface area (Å²) in [7, 11) is 0. The van der Waals surface area contributed by atoms with E-state index in [0.29, 0.717) is 18.5 Å². The number of rotatable bonds is 4. The van der Waals surface area contributed by atoms with Gasteiger partial charge in [0.1, 0.15) is 0 Å². The van der Waals surface area contributed by atoms with Crippen LogP contribution in [0.4, 0.5) is 0 Å². The molecule has 2 fully saturated rings. The van der Waals surface area contributed by atoms with Crippen molar-refractivity contribution in [3.8, 4) is 0 Å². The Balaban J connectivity index is 1.71. The third-order valence-electron chi connectivity index (χ3n) is 5.35. The molecule has 1 aliphatic carbocycles. The third-order valence-corrected chi connectivity index (χ3v) is 5.35. The molecule has 116 valence electrons. The molecular formula is C18H27NO2. The van der Waals surface area contributed by atoms with Gasteiger partial charge in [0.05, 0.1) is 11.7 Å². The van der Waals surface area contributed by atoms with Crippen molar-refractivity contribution in [3.63, 3.8) is 0 Å². The highest BCUT2D eigenvalue weighted by Gasteiger charge is 2.40. The van der Waals surface area contributed by atoms with E-state index in [2.05, 4.69) is 4.90 Å². The Morgan fingerprint density at radius 1 is 1.14 bits per heavy atom. The van der Waals surface area contributed by atoms with E-state index in [-0.39, 0.29) is 6.10 Å². The molecule has 3 rings (SSSR count). The summed E-state index contributed by atoms with van der Waals surface area (Å²) in [4.78, 5) is 2.41. The van der Waals surface area contributed by atoms with Gasteiger partial charge in [0.2, 0.25) is 0 Å². The lowest BCUT2D eigenvalue weighted by atomic mass is 9.91. The molecular weight excluding hydrogens is 262 g/mol. The topological polar surface area (TPSA) is 43.7 Å². The van der Waals surface area contributed by atoms with Crippen molar-refractivity contribution < 1.29 is 10.2 Å². The second kappa shape index (κ2) is 6.07. The SMILES string of the molecule is CC(O)(CN1CCCC1C1CCCC1O)c1ccccc1. The fourth-order valence-corrected chi connectivity index (χ4v) is 4.24. The molecule has 3 heteroatoms. The van der Waals surface area contributed by atoms with Crippen LogP contribution in [0.3, 0.4) is 0 Å². The fraction of sp³-hybridized carbons (Fsp3) is 0.667. The number of aliphatic hydroxyl groups excluding tert-OH is 1. The molecule has 4 atom stereocenters. The van der Waals surface area contributed by atoms with Gasteiger partial charge in [-0.1, -0.05) is 36.8 Å². The minimum Gasteiger partial charge on any atom is -0.393 e. The van der Waals surface area contributed by atoms with Crippen LogP contribution in [-0.2, 0) is 5.60 Å². The zero-order valence-electron chi connectivity index (χ0n) is 12.9. The van der Waals surface area contributed by atoms with E-state index in [1.54, 1.807) is 0 Å². The molecule has 1 aliphatic heterocycles. The van der Waals surface area contributed by atoms with Crippen molar-refractivity contribution >= 4 is 0 Å². The molecule has 1 saturated heterocycles. The molecule has 3 nitrogen and oxygen atoms in total. The first-order valence-corrected chi connectivity index (χ1v) is 8.28. The average Bonchev–Trinajstić information content (AvgIpc) is 3.08. The Hall–Kier alpha value is -0.900. The summed E-state index contributed by atoms with van der Waals surface area (Å²) in [6, 6.07) is 10.4. The van der Waals surface area contributed by atoms with Gasteiger partial charge < -0.3 is 10.2 Å². The Morgan fingerprint density at radius 2 is 1.90 bits per heavy atom. The summed E-state index contributed by atoms with van der Waals surface area (Å²) in [6.45, 7) is 3.60. The second-order valence-corrected chi connectivity index (χ2v) is 6.98. The van der Waals surface area contributed by atoms with Gasteiger partial charge in [0.15, 0.2) is 0 Å². The van der Waals surface area contributed by atoms with Crippen molar-refractivity contribution in [1.29, 1.82) is 0 Å². The zero-order valence-corrected chi connectivity index (χ0v) is 12.9. The normalized spacial score (nSPS) is 33.2. The van der Waals surface area contributed by atoms with Crippen molar-refractivity contribution in [2.75, 3.05) is 13.1 Å². The number of benzene rings is 1. The molecule has 1 saturated carbocycles. The van der Waals surface area contributed by atoms with E-state index in [0.717, 1.165) is 37.8 Å². The van der Waals surface area contributed by atoms with E-state index in [1.807, 2.05) is 37.3 Å². The second-order valence-electron chi connectivity index (χ2n) is 6.98. The molecule has 0 radical (unpaired) electrons. The third kappa shape index (κ3) is 3.15. The standard InChI is InChI=1S/C18H27NO2/c1-18(21,14-7-3-2-4-8-14)13-19-12-6-10-16(19)15-9-5-11-17(15)20/h2-4,7-8,15-17,20-21H,5-6,9-13H2,1H3. The van der Waals surface area contributed by atoms with Crippen LogP contribution in [0.25, 0.3) is 0 Å². The summed E-state index contributed by atoms with van der Waals surface area (Å²) in [6.07, 6.45) is 5.42. The number of likely N-dealkylation sites (tertiary alicyclic amines) is 1. The Morgan fingerprint density at radius 3 is 2.57 bits per heavy atom. The monoisotopic (exact) mass is 289 g/mol. The molecule has 1 aromatic rings. The lowest BCUT2D eigenvalue weighted by Crippen LogP contribution is -2.45. The molecule has 2 aliphatic rings. The van der Waals surface area contributed by atoms with Crippen molar-refractivity contribution in [1.82, 2.24) is 4.90 Å². The van der Waals surface area contributed by atoms with Crippen LogP contribution < -0.4 is 0 Å². The highest BCUT2D eigenvalue weighted by Crippen LogP contribution is 2.37. The molecule has 0 spiro atoms. The molecule has 0 amide bonds. The minimum atomic E-state index is -0.826. The average molecular weight is 289 g/mol. The van der Waals surface area contributed by atoms with E-state index >= 15 is 0 Å². The molecule has 2 N–H and O–H groups in total. The maximum Gasteiger partial charge on any atom is 0.0994 e. The first-order valence-electron chi connectivity index (χ1n) is 8.28. The number of nitrogens with zero attached hydrogens (tertiary/aromatic N) is 1. The summed E-state index contributed by atoms with van der Waals surface area (Å²) in [5.41, 5.74) is 0.149. The zero-order chi connectivity index (χ0) is 14.9. The van der Waals surface area contributed by atoms with Gasteiger partial charge in [0, 0.05) is 18.5 Å². The Bertz CT molecular complexity index is 460. The highest BCUT2D eigenvalue weighted by molar-refractivity contribution is 5.22. The number of aliphatic hydroxyl groups is 2. The summed E-state index contributed by atoms with van der Waals surface area (Å²) < 4.78 is 0. The lowest BCUT2D eigenvalue weighted by molar-refractivity contribution is -0.00673. The summed E-state index contributed by atoms with van der Waals surface area (Å²) in [5, 5.41) is 21.1. The van der Waals surface area contributed by atoms with Gasteiger partial charge in [-0.3, -0.25) is 4.90 Å². The van der Waals surface area contributed by atoms with Crippen LogP contribution in [0.1, 0.15) is 44.6 Å². The van der Waals surface area contributed by atoms with Crippen molar-refractivity contribution in [3.05, 3.63) is 35.9 Å². The Kier molecular flexibility index (Phi) is 4.34. The van der Waals surface area contributed by atoms with Crippen LogP contribution in [0.2, 0.25) is 0 Å². The number of hydrogen-bond donors (Lipinski definition) is 2. The van der Waals surface area contributed by atoms with E-state index < -0.39 is 5.60 Å². The Labute approximate surface area is 127 Å². The molecule has 4 unspecified atom stereocenters. The molecule has 0 aromatic heterocycles. The lowest BCUT2D eigenvalue weighted by Gasteiger charge is -2.36. The van der Waals surface area contributed by atoms with Crippen LogP contribution in [0, 0.1) is 5.92 Å². The van der Waals surface area contributed by atoms with Gasteiger partial charge in [-0.2, -0.15) is 0 Å². The first-order chi connectivity index (χ1) is 10.1. The van der Waals surface area contributed by atoms with Gasteiger partial charge in [-0.25, -0.2) is 0 Å². The van der Waals surface area contributed by atoms with Gasteiger partial charge in [0.25, 0.3) is 0 Å². The van der Waals surface area contributed by atoms with Crippen LogP contribution in [0.15, 0.2) is 30.3 Å². The maximum absolute atomic E-state index is 10.9. The predicted octanol–water partition coefficient (Wildman–Crippen LogP) is 2.52.